The van der Waals surface area contributed by atoms with Gasteiger partial charge in [0.05, 0.1) is 19.2 Å². The molecular weight excluding hydrogens is 382 g/mol. The number of nitrogens with one attached hydrogen (secondary N) is 1. The first-order valence-corrected chi connectivity index (χ1v) is 10.5. The molecule has 0 unspecified atom stereocenters. The third-order valence-electron chi connectivity index (χ3n) is 5.46. The molecule has 0 bridgehead atoms. The van der Waals surface area contributed by atoms with Crippen molar-refractivity contribution in [2.24, 2.45) is 5.92 Å². The van der Waals surface area contributed by atoms with E-state index in [1.54, 1.807) is 23.8 Å². The van der Waals surface area contributed by atoms with Crippen LogP contribution < -0.4 is 14.8 Å². The van der Waals surface area contributed by atoms with Crippen LogP contribution in [0, 0.1) is 5.92 Å². The highest BCUT2D eigenvalue weighted by molar-refractivity contribution is 5.76. The predicted octanol–water partition coefficient (Wildman–Crippen LogP) is 3.27. The quantitative estimate of drug-likeness (QED) is 0.574. The van der Waals surface area contributed by atoms with Gasteiger partial charge >= 0.3 is 0 Å². The van der Waals surface area contributed by atoms with Gasteiger partial charge in [-0.2, -0.15) is 4.52 Å². The van der Waals surface area contributed by atoms with Crippen LogP contribution in [0.2, 0.25) is 0 Å². The summed E-state index contributed by atoms with van der Waals surface area (Å²) in [5.41, 5.74) is 1.41. The molecule has 1 fully saturated rings. The van der Waals surface area contributed by atoms with Crippen molar-refractivity contribution in [3.63, 3.8) is 0 Å². The van der Waals surface area contributed by atoms with Crippen molar-refractivity contribution in [3.05, 3.63) is 36.4 Å². The fourth-order valence-corrected chi connectivity index (χ4v) is 3.92. The van der Waals surface area contributed by atoms with Crippen molar-refractivity contribution >= 4 is 11.6 Å². The van der Waals surface area contributed by atoms with Crippen LogP contribution in [0.15, 0.2) is 36.4 Å². The maximum Gasteiger partial charge on any atom is 0.231 e. The van der Waals surface area contributed by atoms with E-state index in [2.05, 4.69) is 20.6 Å². The van der Waals surface area contributed by atoms with Gasteiger partial charge < -0.3 is 14.8 Å². The third-order valence-corrected chi connectivity index (χ3v) is 5.46. The molecule has 0 aliphatic heterocycles. The van der Waals surface area contributed by atoms with E-state index in [0.29, 0.717) is 48.6 Å². The van der Waals surface area contributed by atoms with Crippen LogP contribution in [0.25, 0.3) is 17.0 Å². The van der Waals surface area contributed by atoms with E-state index in [4.69, 9.17) is 9.47 Å². The summed E-state index contributed by atoms with van der Waals surface area (Å²) in [7, 11) is 1.62. The molecule has 0 atom stereocenters. The summed E-state index contributed by atoms with van der Waals surface area (Å²) in [4.78, 5) is 12.1. The Bertz CT molecular complexity index is 997. The molecule has 3 aromatic rings. The van der Waals surface area contributed by atoms with Crippen molar-refractivity contribution < 1.29 is 14.3 Å². The van der Waals surface area contributed by atoms with Gasteiger partial charge in [0.1, 0.15) is 12.4 Å². The Hall–Kier alpha value is -3.16. The number of methoxy groups -OCH3 is 1. The van der Waals surface area contributed by atoms with Crippen LogP contribution in [0.1, 0.15) is 38.5 Å². The van der Waals surface area contributed by atoms with E-state index in [1.165, 1.54) is 32.1 Å². The van der Waals surface area contributed by atoms with E-state index in [0.717, 1.165) is 5.56 Å². The van der Waals surface area contributed by atoms with Gasteiger partial charge in [0.2, 0.25) is 11.8 Å². The maximum atomic E-state index is 12.1. The smallest absolute Gasteiger partial charge is 0.231 e. The molecule has 30 heavy (non-hydrogen) atoms. The molecule has 4 rings (SSSR count). The molecule has 8 nitrogen and oxygen atoms in total. The van der Waals surface area contributed by atoms with Crippen molar-refractivity contribution in [1.82, 2.24) is 25.1 Å². The van der Waals surface area contributed by atoms with E-state index < -0.39 is 0 Å². The molecular formula is C22H27N5O3. The summed E-state index contributed by atoms with van der Waals surface area (Å²) in [6.07, 6.45) is 6.74. The minimum Gasteiger partial charge on any atom is -0.496 e. The minimum atomic E-state index is 0.103. The zero-order valence-corrected chi connectivity index (χ0v) is 17.2. The lowest BCUT2D eigenvalue weighted by Gasteiger charge is -2.20. The largest absolute Gasteiger partial charge is 0.496 e. The number of hydrogen-bond donors (Lipinski definition) is 1. The van der Waals surface area contributed by atoms with Crippen molar-refractivity contribution in [3.8, 4) is 23.0 Å². The Morgan fingerprint density at radius 3 is 2.80 bits per heavy atom. The molecule has 0 spiro atoms. The Balaban J connectivity index is 1.35. The average Bonchev–Trinajstić information content (AvgIpc) is 3.20. The van der Waals surface area contributed by atoms with Gasteiger partial charge in [0, 0.05) is 12.5 Å². The maximum absolute atomic E-state index is 12.1. The van der Waals surface area contributed by atoms with Crippen molar-refractivity contribution in [2.45, 2.75) is 38.5 Å². The molecule has 2 heterocycles. The number of benzene rings is 1. The molecule has 0 radical (unpaired) electrons. The number of rotatable bonds is 8. The molecule has 1 saturated carbocycles. The van der Waals surface area contributed by atoms with E-state index in [1.807, 2.05) is 24.3 Å². The fraction of sp³-hybridized carbons (Fsp3) is 0.455. The Kier molecular flexibility index (Phi) is 6.41. The number of amides is 1. The first kappa shape index (κ1) is 20.1. The normalized spacial score (nSPS) is 14.6. The second-order valence-electron chi connectivity index (χ2n) is 7.57. The van der Waals surface area contributed by atoms with Crippen LogP contribution in [-0.4, -0.2) is 46.0 Å². The number of carbonyl (C=O) groups excluding carboxylic acids is 1. The molecule has 1 aliphatic rings. The van der Waals surface area contributed by atoms with Crippen LogP contribution in [0.5, 0.6) is 11.6 Å². The topological polar surface area (TPSA) is 90.6 Å². The number of hydrogen-bond acceptors (Lipinski definition) is 6. The highest BCUT2D eigenvalue weighted by Gasteiger charge is 2.17. The summed E-state index contributed by atoms with van der Waals surface area (Å²) >= 11 is 0. The van der Waals surface area contributed by atoms with Gasteiger partial charge in [0.15, 0.2) is 11.5 Å². The van der Waals surface area contributed by atoms with Gasteiger partial charge in [-0.25, -0.2) is 0 Å². The molecule has 0 saturated heterocycles. The number of fused-ring (bicyclic) bond motifs is 1. The Morgan fingerprint density at radius 1 is 1.13 bits per heavy atom. The van der Waals surface area contributed by atoms with E-state index in [-0.39, 0.29) is 5.91 Å². The van der Waals surface area contributed by atoms with Crippen molar-refractivity contribution in [1.29, 1.82) is 0 Å². The second-order valence-corrected chi connectivity index (χ2v) is 7.57. The Morgan fingerprint density at radius 2 is 1.97 bits per heavy atom. The predicted molar refractivity (Wildman–Crippen MR) is 112 cm³/mol. The summed E-state index contributed by atoms with van der Waals surface area (Å²) in [5.74, 6) is 2.35. The highest BCUT2D eigenvalue weighted by Crippen LogP contribution is 2.28. The lowest BCUT2D eigenvalue weighted by atomic mass is 9.87. The molecule has 2 aromatic heterocycles. The zero-order valence-electron chi connectivity index (χ0n) is 17.2. The number of nitrogens with zero attached hydrogens (tertiary/aromatic N) is 4. The number of ether oxygens (including phenoxy) is 2. The first-order valence-electron chi connectivity index (χ1n) is 10.5. The molecule has 1 N–H and O–H groups in total. The second kappa shape index (κ2) is 9.56. The van der Waals surface area contributed by atoms with Gasteiger partial charge in [-0.3, -0.25) is 4.79 Å². The van der Waals surface area contributed by atoms with Crippen LogP contribution >= 0.6 is 0 Å². The standard InChI is InChI=1S/C22H27N5O3/c1-29-18-10-6-5-9-17(18)22-25-24-19-11-12-21(26-27(19)22)30-14-13-23-20(28)15-16-7-3-2-4-8-16/h5-6,9-12,16H,2-4,7-8,13-15H2,1H3,(H,23,28). The highest BCUT2D eigenvalue weighted by atomic mass is 16.5. The van der Waals surface area contributed by atoms with Crippen molar-refractivity contribution in [2.75, 3.05) is 20.3 Å². The summed E-state index contributed by atoms with van der Waals surface area (Å²) < 4.78 is 12.8. The average molecular weight is 409 g/mol. The zero-order chi connectivity index (χ0) is 20.8. The summed E-state index contributed by atoms with van der Waals surface area (Å²) in [6.45, 7) is 0.799. The summed E-state index contributed by atoms with van der Waals surface area (Å²) in [6, 6.07) is 11.1. The van der Waals surface area contributed by atoms with Crippen LogP contribution in [-0.2, 0) is 4.79 Å². The van der Waals surface area contributed by atoms with Crippen LogP contribution in [0.4, 0.5) is 0 Å². The molecule has 1 amide bonds. The first-order chi connectivity index (χ1) is 14.7. The Labute approximate surface area is 175 Å². The fourth-order valence-electron chi connectivity index (χ4n) is 3.92. The number of carbonyl (C=O) groups is 1. The number of para-hydroxylation sites is 1. The van der Waals surface area contributed by atoms with E-state index >= 15 is 0 Å². The van der Waals surface area contributed by atoms with Gasteiger partial charge in [-0.05, 0) is 37.0 Å². The van der Waals surface area contributed by atoms with Crippen LogP contribution in [0.3, 0.4) is 0 Å². The third kappa shape index (κ3) is 4.69. The SMILES string of the molecule is COc1ccccc1-c1nnc2ccc(OCCNC(=O)CC3CCCCC3)nn12. The lowest BCUT2D eigenvalue weighted by molar-refractivity contribution is -0.122. The molecule has 8 heteroatoms. The van der Waals surface area contributed by atoms with E-state index in [9.17, 15) is 4.79 Å². The monoisotopic (exact) mass is 409 g/mol. The minimum absolute atomic E-state index is 0.103. The lowest BCUT2D eigenvalue weighted by Crippen LogP contribution is -2.30. The van der Waals surface area contributed by atoms with Gasteiger partial charge in [-0.1, -0.05) is 31.4 Å². The number of aromatic nitrogens is 4. The molecule has 1 aliphatic carbocycles. The molecule has 158 valence electrons. The van der Waals surface area contributed by atoms with Gasteiger partial charge in [0.25, 0.3) is 0 Å². The molecule has 1 aromatic carbocycles. The van der Waals surface area contributed by atoms with Gasteiger partial charge in [-0.15, -0.1) is 15.3 Å². The summed E-state index contributed by atoms with van der Waals surface area (Å²) in [5, 5.41) is 15.9.